The number of piperidine rings is 1. The highest BCUT2D eigenvalue weighted by molar-refractivity contribution is 5.93. The van der Waals surface area contributed by atoms with Crippen molar-refractivity contribution in [3.63, 3.8) is 0 Å². The van der Waals surface area contributed by atoms with Crippen LogP contribution in [0, 0.1) is 0 Å². The molecule has 182 valence electrons. The fraction of sp³-hybridized carbons (Fsp3) is 0.440. The molecule has 1 aromatic heterocycles. The van der Waals surface area contributed by atoms with E-state index in [0.29, 0.717) is 59.6 Å². The normalized spacial score (nSPS) is 14.2. The summed E-state index contributed by atoms with van der Waals surface area (Å²) in [5.74, 6) is 0.798. The number of ether oxygens (including phenoxy) is 3. The molecule has 0 bridgehead atoms. The Labute approximate surface area is 199 Å². The van der Waals surface area contributed by atoms with Gasteiger partial charge in [-0.25, -0.2) is 4.79 Å². The number of nitrogen functional groups attached to an aromatic ring is 1. The Morgan fingerprint density at radius 3 is 2.44 bits per heavy atom. The maximum atomic E-state index is 11.9. The molecule has 9 heteroatoms. The predicted octanol–water partition coefficient (Wildman–Crippen LogP) is 3.75. The molecule has 0 aliphatic carbocycles. The molecule has 4 rings (SSSR count). The summed E-state index contributed by atoms with van der Waals surface area (Å²) in [5, 5.41) is 3.41. The van der Waals surface area contributed by atoms with E-state index in [0.717, 1.165) is 31.5 Å². The number of nitrogens with zero attached hydrogens (tertiary/aromatic N) is 2. The van der Waals surface area contributed by atoms with Crippen molar-refractivity contribution in [1.82, 2.24) is 10.3 Å². The Bertz CT molecular complexity index is 1110. The summed E-state index contributed by atoms with van der Waals surface area (Å²) in [7, 11) is 1.36. The number of rotatable bonds is 9. The van der Waals surface area contributed by atoms with E-state index in [-0.39, 0.29) is 6.04 Å². The largest absolute Gasteiger partial charge is 0.492 e. The summed E-state index contributed by atoms with van der Waals surface area (Å²) in [6.45, 7) is 7.25. The number of esters is 1. The standard InChI is InChI=1S/C25H32N4O5/c1-4-32-21-12-16(13-22(23(21)26)33-5-2)15-29(18-8-10-27-11-9-18)25-28-19-7-6-17(24(30)31-3)14-20(19)34-25/h6-7,12-14,18,27H,4-5,8-11,15,26H2,1-3H3. The van der Waals surface area contributed by atoms with Crippen LogP contribution in [0.5, 0.6) is 11.5 Å². The number of hydrogen-bond acceptors (Lipinski definition) is 9. The van der Waals surface area contributed by atoms with E-state index >= 15 is 0 Å². The van der Waals surface area contributed by atoms with E-state index in [1.54, 1.807) is 18.2 Å². The van der Waals surface area contributed by atoms with Crippen molar-refractivity contribution in [2.45, 2.75) is 39.3 Å². The third kappa shape index (κ3) is 5.04. The number of methoxy groups -OCH3 is 1. The smallest absolute Gasteiger partial charge is 0.337 e. The summed E-state index contributed by atoms with van der Waals surface area (Å²) in [6, 6.07) is 9.79. The van der Waals surface area contributed by atoms with Crippen molar-refractivity contribution in [3.8, 4) is 11.5 Å². The molecule has 3 aromatic rings. The number of nitrogens with one attached hydrogen (secondary N) is 1. The molecule has 2 aromatic carbocycles. The molecule has 1 aliphatic heterocycles. The van der Waals surface area contributed by atoms with Crippen LogP contribution < -0.4 is 25.4 Å². The molecular weight excluding hydrogens is 436 g/mol. The molecule has 1 saturated heterocycles. The third-order valence-electron chi connectivity index (χ3n) is 5.91. The van der Waals surface area contributed by atoms with Crippen LogP contribution in [0.2, 0.25) is 0 Å². The van der Waals surface area contributed by atoms with Crippen LogP contribution in [0.1, 0.15) is 42.6 Å². The van der Waals surface area contributed by atoms with Crippen LogP contribution in [0.3, 0.4) is 0 Å². The van der Waals surface area contributed by atoms with Crippen molar-refractivity contribution in [1.29, 1.82) is 0 Å². The van der Waals surface area contributed by atoms with Gasteiger partial charge in [-0.1, -0.05) is 0 Å². The minimum Gasteiger partial charge on any atom is -0.492 e. The van der Waals surface area contributed by atoms with Gasteiger partial charge in [0, 0.05) is 12.6 Å². The Kier molecular flexibility index (Phi) is 7.42. The summed E-state index contributed by atoms with van der Waals surface area (Å²) >= 11 is 0. The first kappa shape index (κ1) is 23.7. The van der Waals surface area contributed by atoms with Crippen molar-refractivity contribution in [3.05, 3.63) is 41.5 Å². The van der Waals surface area contributed by atoms with Gasteiger partial charge in [-0.3, -0.25) is 0 Å². The van der Waals surface area contributed by atoms with Gasteiger partial charge < -0.3 is 34.6 Å². The number of aromatic nitrogens is 1. The summed E-state index contributed by atoms with van der Waals surface area (Å²) in [6.07, 6.45) is 1.91. The Balaban J connectivity index is 1.72. The van der Waals surface area contributed by atoms with Crippen LogP contribution >= 0.6 is 0 Å². The highest BCUT2D eigenvalue weighted by Crippen LogP contribution is 2.36. The van der Waals surface area contributed by atoms with Crippen molar-refractivity contribution >= 4 is 28.8 Å². The molecule has 9 nitrogen and oxygen atoms in total. The quantitative estimate of drug-likeness (QED) is 0.358. The van der Waals surface area contributed by atoms with Crippen molar-refractivity contribution in [2.24, 2.45) is 0 Å². The fourth-order valence-corrected chi connectivity index (χ4v) is 4.24. The number of anilines is 2. The van der Waals surface area contributed by atoms with Gasteiger partial charge in [0.25, 0.3) is 6.01 Å². The molecule has 0 amide bonds. The van der Waals surface area contributed by atoms with Crippen LogP contribution in [-0.4, -0.2) is 50.4 Å². The second kappa shape index (κ2) is 10.6. The lowest BCUT2D eigenvalue weighted by Crippen LogP contribution is -2.43. The Hall–Kier alpha value is -3.46. The van der Waals surface area contributed by atoms with Crippen molar-refractivity contribution in [2.75, 3.05) is 44.0 Å². The van der Waals surface area contributed by atoms with Gasteiger partial charge >= 0.3 is 5.97 Å². The van der Waals surface area contributed by atoms with E-state index in [2.05, 4.69) is 10.2 Å². The van der Waals surface area contributed by atoms with Crippen LogP contribution in [0.4, 0.5) is 11.7 Å². The summed E-state index contributed by atoms with van der Waals surface area (Å²) < 4.78 is 22.6. The SMILES string of the molecule is CCOc1cc(CN(c2nc3ccc(C(=O)OC)cc3o2)C2CCNCC2)cc(OCC)c1N. The zero-order valence-corrected chi connectivity index (χ0v) is 19.9. The predicted molar refractivity (Wildman–Crippen MR) is 131 cm³/mol. The van der Waals surface area contributed by atoms with Gasteiger partial charge in [-0.05, 0) is 75.7 Å². The van der Waals surface area contributed by atoms with Crippen molar-refractivity contribution < 1.29 is 23.4 Å². The molecule has 1 fully saturated rings. The average molecular weight is 469 g/mol. The van der Waals surface area contributed by atoms with Crippen LogP contribution in [-0.2, 0) is 11.3 Å². The number of nitrogens with two attached hydrogens (primary N) is 1. The first-order valence-electron chi connectivity index (χ1n) is 11.7. The molecule has 0 radical (unpaired) electrons. The van der Waals surface area contributed by atoms with E-state index in [1.807, 2.05) is 26.0 Å². The zero-order valence-electron chi connectivity index (χ0n) is 19.9. The van der Waals surface area contributed by atoms with E-state index in [4.69, 9.17) is 29.3 Å². The van der Waals surface area contributed by atoms with Gasteiger partial charge in [0.1, 0.15) is 22.7 Å². The van der Waals surface area contributed by atoms with E-state index < -0.39 is 5.97 Å². The summed E-state index contributed by atoms with van der Waals surface area (Å²) in [4.78, 5) is 18.9. The van der Waals surface area contributed by atoms with Gasteiger partial charge in [-0.15, -0.1) is 0 Å². The molecule has 3 N–H and O–H groups in total. The topological polar surface area (TPSA) is 112 Å². The van der Waals surface area contributed by atoms with Crippen LogP contribution in [0.25, 0.3) is 11.1 Å². The first-order chi connectivity index (χ1) is 16.5. The van der Waals surface area contributed by atoms with Gasteiger partial charge in [0.15, 0.2) is 5.58 Å². The summed E-state index contributed by atoms with van der Waals surface area (Å²) in [5.41, 5.74) is 9.40. The lowest BCUT2D eigenvalue weighted by atomic mass is 10.0. The Morgan fingerprint density at radius 2 is 1.82 bits per heavy atom. The van der Waals surface area contributed by atoms with Gasteiger partial charge in [-0.2, -0.15) is 4.98 Å². The lowest BCUT2D eigenvalue weighted by Gasteiger charge is -2.33. The zero-order chi connectivity index (χ0) is 24.1. The van der Waals surface area contributed by atoms with E-state index in [9.17, 15) is 4.79 Å². The second-order valence-electron chi connectivity index (χ2n) is 8.15. The minimum absolute atomic E-state index is 0.234. The number of carbonyl (C=O) groups excluding carboxylic acids is 1. The molecule has 1 aliphatic rings. The second-order valence-corrected chi connectivity index (χ2v) is 8.15. The highest BCUT2D eigenvalue weighted by Gasteiger charge is 2.26. The number of oxazole rings is 1. The molecule has 0 spiro atoms. The number of benzene rings is 2. The van der Waals surface area contributed by atoms with Gasteiger partial charge in [0.2, 0.25) is 0 Å². The third-order valence-corrected chi connectivity index (χ3v) is 5.91. The molecule has 0 saturated carbocycles. The maximum Gasteiger partial charge on any atom is 0.337 e. The average Bonchev–Trinajstić information content (AvgIpc) is 3.28. The molecule has 2 heterocycles. The number of fused-ring (bicyclic) bond motifs is 1. The molecule has 0 unspecified atom stereocenters. The van der Waals surface area contributed by atoms with E-state index in [1.165, 1.54) is 7.11 Å². The maximum absolute atomic E-state index is 11.9. The number of hydrogen-bond donors (Lipinski definition) is 2. The number of carbonyl (C=O) groups is 1. The highest BCUT2D eigenvalue weighted by atomic mass is 16.5. The molecule has 0 atom stereocenters. The lowest BCUT2D eigenvalue weighted by molar-refractivity contribution is 0.0600. The monoisotopic (exact) mass is 468 g/mol. The first-order valence-corrected chi connectivity index (χ1v) is 11.7. The molecular formula is C25H32N4O5. The molecule has 34 heavy (non-hydrogen) atoms. The van der Waals surface area contributed by atoms with Gasteiger partial charge in [0.05, 0.1) is 25.9 Å². The van der Waals surface area contributed by atoms with Crippen LogP contribution in [0.15, 0.2) is 34.7 Å². The Morgan fingerprint density at radius 1 is 1.15 bits per heavy atom. The fourth-order valence-electron chi connectivity index (χ4n) is 4.24. The minimum atomic E-state index is -0.413.